The van der Waals surface area contributed by atoms with Gasteiger partial charge in [0.2, 0.25) is 0 Å². The van der Waals surface area contributed by atoms with Crippen LogP contribution in [0.4, 0.5) is 14.0 Å². The van der Waals surface area contributed by atoms with Crippen molar-refractivity contribution in [2.24, 2.45) is 51.4 Å². The number of amides is 2. The van der Waals surface area contributed by atoms with E-state index in [4.69, 9.17) is 19.2 Å². The van der Waals surface area contributed by atoms with Crippen LogP contribution < -0.4 is 21.3 Å². The van der Waals surface area contributed by atoms with Crippen molar-refractivity contribution >= 4 is 35.6 Å². The number of nitrogens with one attached hydrogen (secondary N) is 4. The first-order valence-corrected chi connectivity index (χ1v) is 27.2. The van der Waals surface area contributed by atoms with Crippen LogP contribution in [0.1, 0.15) is 98.8 Å². The van der Waals surface area contributed by atoms with Gasteiger partial charge in [-0.2, -0.15) is 0 Å². The Kier molecular flexibility index (Phi) is 15.8. The molecular formula is C52H80FN9O7S. The maximum Gasteiger partial charge on any atom is 0.407 e. The molecule has 2 amide bonds. The Morgan fingerprint density at radius 2 is 1.66 bits per heavy atom. The third-order valence-corrected chi connectivity index (χ3v) is 18.9. The number of hydrogen-bond donors (Lipinski definition) is 6. The van der Waals surface area contributed by atoms with Gasteiger partial charge in [-0.05, 0) is 105 Å². The van der Waals surface area contributed by atoms with Gasteiger partial charge in [0.05, 0.1) is 63.0 Å². The lowest BCUT2D eigenvalue weighted by Crippen LogP contribution is -2.60. The Hall–Kier alpha value is -3.52. The normalized spacial score (nSPS) is 36.4. The highest BCUT2D eigenvalue weighted by molar-refractivity contribution is 8.04. The highest BCUT2D eigenvalue weighted by atomic mass is 32.2. The number of likely N-dealkylation sites (tertiary alicyclic amines) is 2. The van der Waals surface area contributed by atoms with Crippen LogP contribution in [0, 0.1) is 41.4 Å². The lowest BCUT2D eigenvalue weighted by Gasteiger charge is -2.51. The fourth-order valence-electron chi connectivity index (χ4n) is 13.5. The molecule has 6 N–H and O–H groups in total. The third-order valence-electron chi connectivity index (χ3n) is 17.4. The van der Waals surface area contributed by atoms with Gasteiger partial charge in [0, 0.05) is 54.0 Å². The molecule has 0 aromatic heterocycles. The minimum absolute atomic E-state index is 0.0122. The van der Waals surface area contributed by atoms with Gasteiger partial charge in [-0.15, -0.1) is 11.8 Å². The molecule has 5 fully saturated rings. The number of carbonyl (C=O) groups excluding carboxylic acids is 2. The van der Waals surface area contributed by atoms with Gasteiger partial charge in [-0.25, -0.2) is 14.0 Å². The van der Waals surface area contributed by atoms with Gasteiger partial charge < -0.3 is 45.7 Å². The highest BCUT2D eigenvalue weighted by Crippen LogP contribution is 2.57. The van der Waals surface area contributed by atoms with Crippen molar-refractivity contribution in [2.45, 2.75) is 171 Å². The number of aliphatic imine (C=N–C) groups is 2. The van der Waals surface area contributed by atoms with E-state index in [9.17, 15) is 19.8 Å². The number of allylic oxidation sites excluding steroid dienone is 2. The zero-order valence-corrected chi connectivity index (χ0v) is 43.4. The standard InChI is InChI=1S/C52H80FN9O7S/c1-26(2)43(58-51(65)67-8)48(63)60-20-10-12-37(60)46(54-7)56-29(6)32-23-34(53)42-39(24-32)69-50(41-19-18-40(70-41)30-14-15-30)62-36-17-16-31(22-33(36)28(5)45(42)62)35-25-55-47(57-35)38-13-11-21-61(38)49(64)44(27(3)4)59-52(66)68-9/h16,19,23,26-28,30,32-33,35-40,42-45,48-50,63-64H,6,10-15,17-18,20-22,24-25H2,1-5,7-9H3,(H,54,56)(H,55,57)(H,58,65)(H,59,66)/t28?,32-,33+,35+,36+,37+,38+,39?,40?,42+,43+,44+,45+,48+,49-,50?/m1/s1. The van der Waals surface area contributed by atoms with Crippen molar-refractivity contribution in [1.82, 2.24) is 36.0 Å². The monoisotopic (exact) mass is 994 g/mol. The molecule has 0 spiro atoms. The maximum atomic E-state index is 17.3. The molecule has 0 aromatic rings. The van der Waals surface area contributed by atoms with Crippen LogP contribution in [0.2, 0.25) is 0 Å². The van der Waals surface area contributed by atoms with Crippen molar-refractivity contribution in [3.63, 3.8) is 0 Å². The summed E-state index contributed by atoms with van der Waals surface area (Å²) in [6, 6.07) is -1.16. The molecule has 9 rings (SSSR count). The predicted molar refractivity (Wildman–Crippen MR) is 270 cm³/mol. The van der Waals surface area contributed by atoms with Crippen molar-refractivity contribution < 1.29 is 38.4 Å². The molecule has 9 aliphatic rings. The number of nitrogens with zero attached hydrogens (tertiary/aromatic N) is 5. The summed E-state index contributed by atoms with van der Waals surface area (Å²) in [5, 5.41) is 36.9. The second kappa shape index (κ2) is 21.5. The molecule has 4 unspecified atom stereocenters. The van der Waals surface area contributed by atoms with E-state index < -0.39 is 42.6 Å². The van der Waals surface area contributed by atoms with E-state index in [2.05, 4.69) is 61.7 Å². The van der Waals surface area contributed by atoms with E-state index in [-0.39, 0.29) is 72.0 Å². The van der Waals surface area contributed by atoms with Crippen molar-refractivity contribution in [1.29, 1.82) is 0 Å². The Morgan fingerprint density at radius 1 is 0.986 bits per heavy atom. The Bertz CT molecular complexity index is 2120. The molecule has 6 heterocycles. The van der Waals surface area contributed by atoms with Gasteiger partial charge in [0.1, 0.15) is 36.2 Å². The van der Waals surface area contributed by atoms with Crippen molar-refractivity contribution in [3.8, 4) is 0 Å². The largest absolute Gasteiger partial charge is 0.453 e. The van der Waals surface area contributed by atoms with Gasteiger partial charge in [-0.1, -0.05) is 53.3 Å². The average Bonchev–Trinajstić information content (AvgIpc) is 3.91. The summed E-state index contributed by atoms with van der Waals surface area (Å²) in [5.41, 5.74) is 2.00. The number of ether oxygens (including phenoxy) is 3. The molecule has 70 heavy (non-hydrogen) atoms. The SMILES string of the molecule is C=C(NC(=NC)[C@@H]1CCCN1[C@@H](O)[C@@H](NC(=O)OC)C(C)C)[C@@H]1C=C(F)[C@H]2C(C1)OC(C1=CCC(C3CC3)S1)N1[C@H]3CC=C([C@@H]4CN=C([C@@H]5CCCN5[C@H](O)[C@@H](NC(=O)OC)C(C)C)N4)C[C@H]3C(C)[C@@H]21. The Balaban J connectivity index is 0.902. The second-order valence-electron chi connectivity index (χ2n) is 22.1. The lowest BCUT2D eigenvalue weighted by molar-refractivity contribution is -0.178. The van der Waals surface area contributed by atoms with E-state index >= 15 is 4.39 Å². The van der Waals surface area contributed by atoms with E-state index in [1.165, 1.54) is 37.5 Å². The number of aliphatic hydroxyl groups is 2. The number of thioether (sulfide) groups is 1. The molecule has 4 saturated heterocycles. The molecule has 16 atom stereocenters. The van der Waals surface area contributed by atoms with Crippen LogP contribution in [-0.4, -0.2) is 162 Å². The van der Waals surface area contributed by atoms with Crippen LogP contribution in [0.25, 0.3) is 0 Å². The van der Waals surface area contributed by atoms with Crippen LogP contribution in [0.3, 0.4) is 0 Å². The molecular weight excluding hydrogens is 914 g/mol. The maximum absolute atomic E-state index is 17.3. The van der Waals surface area contributed by atoms with E-state index in [1.54, 1.807) is 13.1 Å². The first kappa shape index (κ1) is 51.4. The topological polar surface area (TPSA) is 185 Å². The molecule has 6 aliphatic heterocycles. The summed E-state index contributed by atoms with van der Waals surface area (Å²) in [7, 11) is 4.38. The molecule has 18 heteroatoms. The number of methoxy groups -OCH3 is 2. The van der Waals surface area contributed by atoms with Crippen LogP contribution in [0.5, 0.6) is 0 Å². The van der Waals surface area contributed by atoms with Gasteiger partial charge in [0.25, 0.3) is 0 Å². The van der Waals surface area contributed by atoms with Gasteiger partial charge >= 0.3 is 12.2 Å². The number of alkyl carbamates (subject to hydrolysis) is 2. The van der Waals surface area contributed by atoms with Crippen molar-refractivity contribution in [2.75, 3.05) is 40.9 Å². The first-order valence-electron chi connectivity index (χ1n) is 26.3. The zero-order chi connectivity index (χ0) is 49.7. The fourth-order valence-corrected chi connectivity index (χ4v) is 15.0. The van der Waals surface area contributed by atoms with Gasteiger partial charge in [0.15, 0.2) is 0 Å². The molecule has 0 radical (unpaired) electrons. The number of amidine groups is 2. The van der Waals surface area contributed by atoms with E-state index in [0.29, 0.717) is 48.8 Å². The Labute approximate surface area is 418 Å². The number of rotatable bonds is 15. The highest BCUT2D eigenvalue weighted by Gasteiger charge is 2.61. The molecule has 388 valence electrons. The molecule has 0 bridgehead atoms. The molecule has 3 aliphatic carbocycles. The van der Waals surface area contributed by atoms with Crippen molar-refractivity contribution in [3.05, 3.63) is 46.8 Å². The van der Waals surface area contributed by atoms with E-state index in [1.807, 2.05) is 44.4 Å². The Morgan fingerprint density at radius 3 is 2.31 bits per heavy atom. The molecule has 1 saturated carbocycles. The minimum atomic E-state index is -0.974. The number of aliphatic hydroxyl groups excluding tert-OH is 2. The fraction of sp³-hybridized carbons (Fsp3) is 0.769. The molecule has 16 nitrogen and oxygen atoms in total. The zero-order valence-electron chi connectivity index (χ0n) is 42.6. The predicted octanol–water partition coefficient (Wildman–Crippen LogP) is 5.85. The molecule has 0 aromatic carbocycles. The summed E-state index contributed by atoms with van der Waals surface area (Å²) >= 11 is 2.00. The van der Waals surface area contributed by atoms with Gasteiger partial charge in [-0.3, -0.25) is 24.7 Å². The third kappa shape index (κ3) is 10.1. The number of hydrogen-bond acceptors (Lipinski definition) is 14. The van der Waals surface area contributed by atoms with Crippen LogP contribution in [-0.2, 0) is 14.2 Å². The summed E-state index contributed by atoms with van der Waals surface area (Å²) in [6.45, 7) is 16.7. The number of carbonyl (C=O) groups is 2. The van der Waals surface area contributed by atoms with Crippen LogP contribution >= 0.6 is 11.8 Å². The average molecular weight is 994 g/mol. The first-order chi connectivity index (χ1) is 33.6. The quantitative estimate of drug-likeness (QED) is 0.0653. The summed E-state index contributed by atoms with van der Waals surface area (Å²) in [6.07, 6.45) is 12.4. The van der Waals surface area contributed by atoms with Crippen LogP contribution in [0.15, 0.2) is 56.8 Å². The second-order valence-corrected chi connectivity index (χ2v) is 23.5. The number of fused-ring (bicyclic) bond motifs is 5. The summed E-state index contributed by atoms with van der Waals surface area (Å²) in [5.74, 6) is 1.86. The number of halogens is 1. The lowest BCUT2D eigenvalue weighted by atomic mass is 9.72. The minimum Gasteiger partial charge on any atom is -0.453 e. The smallest absolute Gasteiger partial charge is 0.407 e. The van der Waals surface area contributed by atoms with E-state index in [0.717, 1.165) is 56.7 Å². The summed E-state index contributed by atoms with van der Waals surface area (Å²) in [4.78, 5) is 42.1. The summed E-state index contributed by atoms with van der Waals surface area (Å²) < 4.78 is 34.4.